The molecule has 2 N–H and O–H groups in total. The molecule has 9 heteroatoms. The number of amides is 2. The Morgan fingerprint density at radius 3 is 2.16 bits per heavy atom. The minimum Gasteiger partial charge on any atom is -0.493 e. The number of hydrogen-bond donors (Lipinski definition) is 2. The second kappa shape index (κ2) is 11.7. The molecule has 0 atom stereocenters. The molecule has 0 saturated heterocycles. The lowest BCUT2D eigenvalue weighted by Gasteiger charge is -2.11. The van der Waals surface area contributed by atoms with Gasteiger partial charge in [0, 0.05) is 5.38 Å². The molecule has 3 aromatic rings. The fourth-order valence-electron chi connectivity index (χ4n) is 2.81. The molecule has 0 aliphatic carbocycles. The number of aromatic nitrogens is 1. The van der Waals surface area contributed by atoms with Crippen molar-refractivity contribution >= 4 is 23.2 Å². The molecule has 2 amide bonds. The molecule has 32 heavy (non-hydrogen) atoms. The van der Waals surface area contributed by atoms with Gasteiger partial charge in [-0.3, -0.25) is 20.4 Å². The SMILES string of the molecule is CCOc1ccccc1OCC(=O)NNC(=O)Cc1csc(-c2ccccc2OCC)n1. The zero-order chi connectivity index (χ0) is 22.8. The lowest BCUT2D eigenvalue weighted by atomic mass is 10.2. The van der Waals surface area contributed by atoms with Crippen molar-refractivity contribution in [2.45, 2.75) is 20.3 Å². The minimum absolute atomic E-state index is 0.0294. The largest absolute Gasteiger partial charge is 0.493 e. The van der Waals surface area contributed by atoms with Gasteiger partial charge in [0.05, 0.1) is 30.9 Å². The Kier molecular flexibility index (Phi) is 8.44. The van der Waals surface area contributed by atoms with Gasteiger partial charge < -0.3 is 14.2 Å². The molecule has 0 radical (unpaired) electrons. The van der Waals surface area contributed by atoms with Crippen LogP contribution < -0.4 is 25.1 Å². The number of hydrazine groups is 1. The molecule has 0 fully saturated rings. The average Bonchev–Trinajstić information content (AvgIpc) is 3.26. The third-order valence-corrected chi connectivity index (χ3v) is 5.08. The molecule has 0 aliphatic rings. The fourth-order valence-corrected chi connectivity index (χ4v) is 3.66. The van der Waals surface area contributed by atoms with Crippen molar-refractivity contribution in [1.29, 1.82) is 0 Å². The number of carbonyl (C=O) groups is 2. The maximum absolute atomic E-state index is 12.2. The van der Waals surface area contributed by atoms with Gasteiger partial charge in [0.15, 0.2) is 18.1 Å². The lowest BCUT2D eigenvalue weighted by molar-refractivity contribution is -0.129. The van der Waals surface area contributed by atoms with Crippen molar-refractivity contribution in [2.75, 3.05) is 19.8 Å². The molecule has 0 unspecified atom stereocenters. The summed E-state index contributed by atoms with van der Waals surface area (Å²) in [6.45, 7) is 4.56. The van der Waals surface area contributed by atoms with E-state index in [9.17, 15) is 9.59 Å². The Hall–Kier alpha value is -3.59. The minimum atomic E-state index is -0.491. The summed E-state index contributed by atoms with van der Waals surface area (Å²) in [5.41, 5.74) is 6.20. The van der Waals surface area contributed by atoms with E-state index in [2.05, 4.69) is 15.8 Å². The maximum atomic E-state index is 12.2. The van der Waals surface area contributed by atoms with E-state index < -0.39 is 5.91 Å². The van der Waals surface area contributed by atoms with Crippen LogP contribution in [0.5, 0.6) is 17.2 Å². The van der Waals surface area contributed by atoms with Crippen LogP contribution in [0.25, 0.3) is 10.6 Å². The summed E-state index contributed by atoms with van der Waals surface area (Å²) in [6.07, 6.45) is 0.0294. The van der Waals surface area contributed by atoms with Gasteiger partial charge in [-0.25, -0.2) is 4.98 Å². The summed E-state index contributed by atoms with van der Waals surface area (Å²) in [5.74, 6) is 0.881. The quantitative estimate of drug-likeness (QED) is 0.455. The van der Waals surface area contributed by atoms with Gasteiger partial charge in [0.25, 0.3) is 5.91 Å². The third-order valence-electron chi connectivity index (χ3n) is 4.16. The van der Waals surface area contributed by atoms with Crippen molar-refractivity contribution in [1.82, 2.24) is 15.8 Å². The number of rotatable bonds is 10. The van der Waals surface area contributed by atoms with Crippen LogP contribution in [-0.2, 0) is 16.0 Å². The molecule has 0 bridgehead atoms. The van der Waals surface area contributed by atoms with Crippen LogP contribution in [0.4, 0.5) is 0 Å². The summed E-state index contributed by atoms with van der Waals surface area (Å²) in [4.78, 5) is 28.7. The van der Waals surface area contributed by atoms with Crippen LogP contribution in [-0.4, -0.2) is 36.6 Å². The van der Waals surface area contributed by atoms with Crippen LogP contribution in [0.1, 0.15) is 19.5 Å². The lowest BCUT2D eigenvalue weighted by Crippen LogP contribution is -2.44. The Balaban J connectivity index is 1.48. The normalized spacial score (nSPS) is 10.3. The monoisotopic (exact) mass is 455 g/mol. The second-order valence-corrected chi connectivity index (χ2v) is 7.37. The first kappa shape index (κ1) is 23.1. The molecular formula is C23H25N3O5S. The molecule has 168 valence electrons. The molecule has 3 rings (SSSR count). The highest BCUT2D eigenvalue weighted by atomic mass is 32.1. The smallest absolute Gasteiger partial charge is 0.276 e. The maximum Gasteiger partial charge on any atom is 0.276 e. The summed E-state index contributed by atoms with van der Waals surface area (Å²) in [7, 11) is 0. The van der Waals surface area contributed by atoms with Crippen LogP contribution >= 0.6 is 11.3 Å². The van der Waals surface area contributed by atoms with E-state index >= 15 is 0 Å². The van der Waals surface area contributed by atoms with E-state index in [0.29, 0.717) is 30.4 Å². The number of hydrogen-bond acceptors (Lipinski definition) is 7. The number of carbonyl (C=O) groups excluding carboxylic acids is 2. The van der Waals surface area contributed by atoms with Gasteiger partial charge in [-0.15, -0.1) is 11.3 Å². The van der Waals surface area contributed by atoms with Gasteiger partial charge in [0.2, 0.25) is 5.91 Å². The Bertz CT molecular complexity index is 1050. The first-order chi connectivity index (χ1) is 15.6. The van der Waals surface area contributed by atoms with E-state index in [1.807, 2.05) is 49.6 Å². The summed E-state index contributed by atoms with van der Waals surface area (Å²) in [6, 6.07) is 14.7. The molecule has 8 nitrogen and oxygen atoms in total. The summed E-state index contributed by atoms with van der Waals surface area (Å²) >= 11 is 1.43. The molecular weight excluding hydrogens is 430 g/mol. The average molecular weight is 456 g/mol. The zero-order valence-corrected chi connectivity index (χ0v) is 18.7. The van der Waals surface area contributed by atoms with Crippen molar-refractivity contribution in [2.24, 2.45) is 0 Å². The number of nitrogens with zero attached hydrogens (tertiary/aromatic N) is 1. The Morgan fingerprint density at radius 2 is 1.44 bits per heavy atom. The van der Waals surface area contributed by atoms with Gasteiger partial charge in [-0.2, -0.15) is 0 Å². The van der Waals surface area contributed by atoms with E-state index in [0.717, 1.165) is 16.3 Å². The summed E-state index contributed by atoms with van der Waals surface area (Å²) < 4.78 is 16.6. The van der Waals surface area contributed by atoms with E-state index in [-0.39, 0.29) is 18.9 Å². The predicted octanol–water partition coefficient (Wildman–Crippen LogP) is 3.38. The molecule has 1 heterocycles. The highest BCUT2D eigenvalue weighted by Gasteiger charge is 2.13. The first-order valence-electron chi connectivity index (χ1n) is 10.2. The number of thiazole rings is 1. The van der Waals surface area contributed by atoms with Crippen molar-refractivity contribution in [3.8, 4) is 27.8 Å². The standard InChI is InChI=1S/C23H25N3O5S/c1-3-29-18-10-6-5-9-17(18)23-24-16(15-32-23)13-21(27)25-26-22(28)14-31-20-12-8-7-11-19(20)30-4-2/h5-12,15H,3-4,13-14H2,1-2H3,(H,25,27)(H,26,28). The first-order valence-corrected chi connectivity index (χ1v) is 11.1. The third kappa shape index (κ3) is 6.45. The van der Waals surface area contributed by atoms with E-state index in [4.69, 9.17) is 14.2 Å². The van der Waals surface area contributed by atoms with Gasteiger partial charge in [-0.1, -0.05) is 24.3 Å². The van der Waals surface area contributed by atoms with Crippen molar-refractivity contribution < 1.29 is 23.8 Å². The highest BCUT2D eigenvalue weighted by Crippen LogP contribution is 2.32. The van der Waals surface area contributed by atoms with E-state index in [1.165, 1.54) is 11.3 Å². The topological polar surface area (TPSA) is 98.8 Å². The molecule has 0 saturated carbocycles. The highest BCUT2D eigenvalue weighted by molar-refractivity contribution is 7.13. The Labute approximate surface area is 190 Å². The molecule has 0 spiro atoms. The fraction of sp³-hybridized carbons (Fsp3) is 0.261. The van der Waals surface area contributed by atoms with E-state index in [1.54, 1.807) is 18.2 Å². The molecule has 1 aromatic heterocycles. The molecule has 2 aromatic carbocycles. The second-order valence-electron chi connectivity index (χ2n) is 6.51. The van der Waals surface area contributed by atoms with Gasteiger partial charge >= 0.3 is 0 Å². The van der Waals surface area contributed by atoms with Crippen LogP contribution in [0.15, 0.2) is 53.9 Å². The Morgan fingerprint density at radius 1 is 0.844 bits per heavy atom. The van der Waals surface area contributed by atoms with Crippen molar-refractivity contribution in [3.05, 3.63) is 59.6 Å². The van der Waals surface area contributed by atoms with Crippen LogP contribution in [0.2, 0.25) is 0 Å². The van der Waals surface area contributed by atoms with Gasteiger partial charge in [0.1, 0.15) is 10.8 Å². The van der Waals surface area contributed by atoms with Gasteiger partial charge in [-0.05, 0) is 38.1 Å². The number of ether oxygens (including phenoxy) is 3. The predicted molar refractivity (Wildman–Crippen MR) is 122 cm³/mol. The van der Waals surface area contributed by atoms with Crippen molar-refractivity contribution in [3.63, 3.8) is 0 Å². The molecule has 0 aliphatic heterocycles. The zero-order valence-electron chi connectivity index (χ0n) is 17.9. The number of nitrogens with one attached hydrogen (secondary N) is 2. The number of para-hydroxylation sites is 3. The number of benzene rings is 2. The van der Waals surface area contributed by atoms with Crippen LogP contribution in [0, 0.1) is 0 Å². The summed E-state index contributed by atoms with van der Waals surface area (Å²) in [5, 5.41) is 2.58. The van der Waals surface area contributed by atoms with Crippen LogP contribution in [0.3, 0.4) is 0 Å².